The highest BCUT2D eigenvalue weighted by atomic mass is 16.5. The van der Waals surface area contributed by atoms with Crippen LogP contribution in [0.5, 0.6) is 11.5 Å². The molecule has 0 saturated heterocycles. The molecule has 0 aromatic heterocycles. The Labute approximate surface area is 178 Å². The zero-order valence-electron chi connectivity index (χ0n) is 18.4. The number of fused-ring (bicyclic) bond motifs is 2. The van der Waals surface area contributed by atoms with Crippen LogP contribution in [0.25, 0.3) is 6.08 Å². The average molecular weight is 408 g/mol. The van der Waals surface area contributed by atoms with Gasteiger partial charge < -0.3 is 14.2 Å². The van der Waals surface area contributed by atoms with Crippen molar-refractivity contribution >= 4 is 11.9 Å². The van der Waals surface area contributed by atoms with E-state index in [2.05, 4.69) is 37.8 Å². The second kappa shape index (κ2) is 7.89. The topological polar surface area (TPSA) is 48.0 Å². The lowest BCUT2D eigenvalue weighted by Gasteiger charge is -2.30. The fraction of sp³-hybridized carbons (Fsp3) is 0.400. The van der Waals surface area contributed by atoms with Crippen molar-refractivity contribution in [3.63, 3.8) is 0 Å². The minimum absolute atomic E-state index is 0.0789. The summed E-state index contributed by atoms with van der Waals surface area (Å²) >= 11 is 0. The maximum absolute atomic E-state index is 13.1. The fourth-order valence-electron chi connectivity index (χ4n) is 3.89. The fourth-order valence-corrected chi connectivity index (χ4v) is 3.89. The number of methoxy groups -OCH3 is 1. The van der Waals surface area contributed by atoms with Gasteiger partial charge in [0.25, 0.3) is 0 Å². The van der Waals surface area contributed by atoms with Gasteiger partial charge in [0.2, 0.25) is 5.78 Å². The van der Waals surface area contributed by atoms with Crippen LogP contribution in [0.15, 0.2) is 36.1 Å². The molecular formula is C25H29NO4. The van der Waals surface area contributed by atoms with E-state index < -0.39 is 0 Å². The van der Waals surface area contributed by atoms with Crippen LogP contribution in [0.3, 0.4) is 0 Å². The van der Waals surface area contributed by atoms with Crippen molar-refractivity contribution in [3.8, 4) is 11.5 Å². The lowest BCUT2D eigenvalue weighted by atomic mass is 9.86. The molecule has 0 spiro atoms. The summed E-state index contributed by atoms with van der Waals surface area (Å²) in [6, 6.07) is 10.2. The first-order chi connectivity index (χ1) is 14.3. The number of rotatable bonds is 4. The number of carbonyl (C=O) groups excluding carboxylic acids is 1. The van der Waals surface area contributed by atoms with E-state index in [-0.39, 0.29) is 11.2 Å². The molecule has 2 aliphatic heterocycles. The molecule has 2 aromatic carbocycles. The second-order valence-corrected chi connectivity index (χ2v) is 9.00. The smallest absolute Gasteiger partial charge is 0.231 e. The standard InChI is InChI=1S/C25H29NO4/c1-16-23-18(14-26(15-29-23)10-11-28-5)13-20-22(27)21(30-24(16)20)12-17-6-8-19(9-7-17)25(2,3)4/h6-9,12-13H,10-11,14-15H2,1-5H3/b21-12-. The molecule has 0 unspecified atom stereocenters. The number of ether oxygens (including phenoxy) is 3. The Hall–Kier alpha value is -2.63. The summed E-state index contributed by atoms with van der Waals surface area (Å²) in [5, 5.41) is 0. The van der Waals surface area contributed by atoms with Gasteiger partial charge in [0, 0.05) is 31.3 Å². The molecule has 0 bridgehead atoms. The Kier molecular flexibility index (Phi) is 5.43. The van der Waals surface area contributed by atoms with Crippen molar-refractivity contribution in [1.82, 2.24) is 4.90 Å². The van der Waals surface area contributed by atoms with Crippen LogP contribution < -0.4 is 9.47 Å². The zero-order valence-corrected chi connectivity index (χ0v) is 18.4. The summed E-state index contributed by atoms with van der Waals surface area (Å²) in [5.41, 5.74) is 4.81. The molecule has 0 atom stereocenters. The van der Waals surface area contributed by atoms with E-state index in [1.54, 1.807) is 7.11 Å². The largest absolute Gasteiger partial charge is 0.477 e. The van der Waals surface area contributed by atoms with E-state index in [0.29, 0.717) is 30.4 Å². The number of carbonyl (C=O) groups is 1. The lowest BCUT2D eigenvalue weighted by molar-refractivity contribution is 0.0649. The van der Waals surface area contributed by atoms with Gasteiger partial charge in [-0.2, -0.15) is 0 Å². The summed E-state index contributed by atoms with van der Waals surface area (Å²) in [6.45, 7) is 11.2. The third-order valence-corrected chi connectivity index (χ3v) is 5.69. The number of hydrogen-bond donors (Lipinski definition) is 0. The molecule has 158 valence electrons. The molecule has 0 saturated carbocycles. The SMILES string of the molecule is COCCN1COc2c(cc3c(c2C)O/C(=C\c2ccc(C(C)(C)C)cc2)C3=O)C1. The van der Waals surface area contributed by atoms with Gasteiger partial charge in [-0.05, 0) is 35.6 Å². The van der Waals surface area contributed by atoms with Crippen molar-refractivity contribution in [1.29, 1.82) is 0 Å². The van der Waals surface area contributed by atoms with Crippen molar-refractivity contribution in [3.05, 3.63) is 63.9 Å². The zero-order chi connectivity index (χ0) is 21.5. The van der Waals surface area contributed by atoms with E-state index >= 15 is 0 Å². The van der Waals surface area contributed by atoms with Gasteiger partial charge in [0.05, 0.1) is 12.2 Å². The molecule has 5 nitrogen and oxygen atoms in total. The van der Waals surface area contributed by atoms with Crippen molar-refractivity contribution in [2.75, 3.05) is 27.0 Å². The minimum atomic E-state index is -0.0789. The Morgan fingerprint density at radius 3 is 2.57 bits per heavy atom. The van der Waals surface area contributed by atoms with E-state index in [1.165, 1.54) is 5.56 Å². The molecular weight excluding hydrogens is 378 g/mol. The lowest BCUT2D eigenvalue weighted by Crippen LogP contribution is -2.34. The first-order valence-corrected chi connectivity index (χ1v) is 10.3. The van der Waals surface area contributed by atoms with Crippen LogP contribution in [-0.2, 0) is 16.7 Å². The summed E-state index contributed by atoms with van der Waals surface area (Å²) in [4.78, 5) is 15.2. The maximum Gasteiger partial charge on any atom is 0.231 e. The highest BCUT2D eigenvalue weighted by Gasteiger charge is 2.33. The van der Waals surface area contributed by atoms with Gasteiger partial charge in [-0.25, -0.2) is 0 Å². The third-order valence-electron chi connectivity index (χ3n) is 5.69. The number of nitrogens with zero attached hydrogens (tertiary/aromatic N) is 1. The normalized spacial score (nSPS) is 17.5. The van der Waals surface area contributed by atoms with Crippen molar-refractivity contribution in [2.24, 2.45) is 0 Å². The Morgan fingerprint density at radius 1 is 1.17 bits per heavy atom. The maximum atomic E-state index is 13.1. The monoisotopic (exact) mass is 407 g/mol. The molecule has 5 heteroatoms. The number of Topliss-reactive ketones (excluding diaryl/α,β-unsaturated/α-hetero) is 1. The minimum Gasteiger partial charge on any atom is -0.477 e. The third kappa shape index (κ3) is 3.87. The van der Waals surface area contributed by atoms with E-state index in [0.717, 1.165) is 35.5 Å². The van der Waals surface area contributed by atoms with Gasteiger partial charge in [0.15, 0.2) is 5.76 Å². The molecule has 0 N–H and O–H groups in total. The van der Waals surface area contributed by atoms with Gasteiger partial charge in [-0.3, -0.25) is 9.69 Å². The Balaban J connectivity index is 1.60. The summed E-state index contributed by atoms with van der Waals surface area (Å²) in [7, 11) is 1.69. The van der Waals surface area contributed by atoms with Crippen molar-refractivity contribution in [2.45, 2.75) is 39.7 Å². The van der Waals surface area contributed by atoms with Crippen LogP contribution in [0.2, 0.25) is 0 Å². The van der Waals surface area contributed by atoms with E-state index in [4.69, 9.17) is 14.2 Å². The quantitative estimate of drug-likeness (QED) is 0.687. The van der Waals surface area contributed by atoms with Crippen LogP contribution in [0, 0.1) is 6.92 Å². The van der Waals surface area contributed by atoms with Crippen LogP contribution in [-0.4, -0.2) is 37.7 Å². The van der Waals surface area contributed by atoms with E-state index in [9.17, 15) is 4.79 Å². The molecule has 2 aromatic rings. The molecule has 0 fully saturated rings. The molecule has 2 heterocycles. The number of benzene rings is 2. The highest BCUT2D eigenvalue weighted by molar-refractivity contribution is 6.15. The summed E-state index contributed by atoms with van der Waals surface area (Å²) in [5.74, 6) is 1.72. The second-order valence-electron chi connectivity index (χ2n) is 9.00. The Morgan fingerprint density at radius 2 is 1.90 bits per heavy atom. The van der Waals surface area contributed by atoms with Gasteiger partial charge in [-0.15, -0.1) is 0 Å². The Bertz CT molecular complexity index is 999. The number of ketones is 1. The predicted molar refractivity (Wildman–Crippen MR) is 117 cm³/mol. The molecule has 4 rings (SSSR count). The van der Waals surface area contributed by atoms with Gasteiger partial charge >= 0.3 is 0 Å². The summed E-state index contributed by atoms with van der Waals surface area (Å²) < 4.78 is 17.2. The van der Waals surface area contributed by atoms with E-state index in [1.807, 2.05) is 31.2 Å². The molecule has 0 aliphatic carbocycles. The highest BCUT2D eigenvalue weighted by Crippen LogP contribution is 2.43. The van der Waals surface area contributed by atoms with Gasteiger partial charge in [0.1, 0.15) is 18.2 Å². The first-order valence-electron chi connectivity index (χ1n) is 10.3. The van der Waals surface area contributed by atoms with Crippen molar-refractivity contribution < 1.29 is 19.0 Å². The molecule has 2 aliphatic rings. The van der Waals surface area contributed by atoms with Gasteiger partial charge in [-0.1, -0.05) is 45.0 Å². The van der Waals surface area contributed by atoms with Crippen LogP contribution >= 0.6 is 0 Å². The molecule has 0 radical (unpaired) electrons. The molecule has 30 heavy (non-hydrogen) atoms. The number of hydrogen-bond acceptors (Lipinski definition) is 5. The van der Waals surface area contributed by atoms with Crippen LogP contribution in [0.1, 0.15) is 53.4 Å². The first kappa shape index (κ1) is 20.6. The predicted octanol–water partition coefficient (Wildman–Crippen LogP) is 4.71. The summed E-state index contributed by atoms with van der Waals surface area (Å²) in [6.07, 6.45) is 1.82. The average Bonchev–Trinajstić information content (AvgIpc) is 3.02. The molecule has 0 amide bonds. The van der Waals surface area contributed by atoms with Crippen LogP contribution in [0.4, 0.5) is 0 Å². The number of allylic oxidation sites excluding steroid dienone is 1.